The number of likely N-dealkylation sites (tertiary alicyclic amines) is 1. The van der Waals surface area contributed by atoms with Gasteiger partial charge in [-0.1, -0.05) is 29.3 Å². The molecular formula is C20H28Cl2N2O4. The van der Waals surface area contributed by atoms with Crippen LogP contribution in [0.1, 0.15) is 45.6 Å². The van der Waals surface area contributed by atoms with Crippen molar-refractivity contribution in [1.82, 2.24) is 10.2 Å². The third-order valence-corrected chi connectivity index (χ3v) is 5.52. The van der Waals surface area contributed by atoms with Crippen LogP contribution in [0.15, 0.2) is 18.2 Å². The first kappa shape index (κ1) is 22.6. The zero-order valence-electron chi connectivity index (χ0n) is 16.8. The summed E-state index contributed by atoms with van der Waals surface area (Å²) < 4.78 is 10.8. The van der Waals surface area contributed by atoms with Crippen LogP contribution >= 0.6 is 23.2 Å². The van der Waals surface area contributed by atoms with Crippen LogP contribution in [0, 0.1) is 0 Å². The van der Waals surface area contributed by atoms with E-state index in [2.05, 4.69) is 5.32 Å². The van der Waals surface area contributed by atoms with Gasteiger partial charge in [0.2, 0.25) is 0 Å². The van der Waals surface area contributed by atoms with Crippen molar-refractivity contribution in [3.63, 3.8) is 0 Å². The highest BCUT2D eigenvalue weighted by Crippen LogP contribution is 2.40. The number of alkyl carbamates (subject to hydrolysis) is 1. The fourth-order valence-electron chi connectivity index (χ4n) is 3.44. The van der Waals surface area contributed by atoms with Crippen molar-refractivity contribution in [3.8, 4) is 0 Å². The van der Waals surface area contributed by atoms with E-state index < -0.39 is 17.1 Å². The van der Waals surface area contributed by atoms with Crippen LogP contribution in [-0.4, -0.2) is 49.4 Å². The van der Waals surface area contributed by atoms with E-state index >= 15 is 0 Å². The van der Waals surface area contributed by atoms with E-state index in [1.807, 2.05) is 32.9 Å². The highest BCUT2D eigenvalue weighted by molar-refractivity contribution is 6.42. The molecule has 1 aromatic carbocycles. The Hall–Kier alpha value is -1.66. The second-order valence-electron chi connectivity index (χ2n) is 8.05. The molecule has 0 bridgehead atoms. The molecule has 1 aliphatic rings. The van der Waals surface area contributed by atoms with Crippen molar-refractivity contribution < 1.29 is 19.1 Å². The highest BCUT2D eigenvalue weighted by atomic mass is 35.5. The summed E-state index contributed by atoms with van der Waals surface area (Å²) in [5.74, 6) is 0. The van der Waals surface area contributed by atoms with Crippen molar-refractivity contribution >= 4 is 35.4 Å². The zero-order chi connectivity index (χ0) is 20.9. The number of carbonyl (C=O) groups is 2. The molecule has 1 N–H and O–H groups in total. The smallest absolute Gasteiger partial charge is 0.410 e. The van der Waals surface area contributed by atoms with Gasteiger partial charge < -0.3 is 19.7 Å². The molecule has 1 heterocycles. The maximum Gasteiger partial charge on any atom is 0.410 e. The quantitative estimate of drug-likeness (QED) is 0.728. The van der Waals surface area contributed by atoms with Crippen LogP contribution in [0.5, 0.6) is 0 Å². The van der Waals surface area contributed by atoms with E-state index in [1.165, 1.54) is 7.05 Å². The third kappa shape index (κ3) is 5.92. The second-order valence-corrected chi connectivity index (χ2v) is 8.86. The average Bonchev–Trinajstić information content (AvgIpc) is 2.62. The molecule has 1 fully saturated rings. The summed E-state index contributed by atoms with van der Waals surface area (Å²) in [7, 11) is 1.52. The lowest BCUT2D eigenvalue weighted by atomic mass is 9.72. The highest BCUT2D eigenvalue weighted by Gasteiger charge is 2.40. The molecule has 0 aliphatic carbocycles. The number of nitrogens with zero attached hydrogens (tertiary/aromatic N) is 1. The van der Waals surface area contributed by atoms with Crippen LogP contribution in [0.25, 0.3) is 0 Å². The predicted molar refractivity (Wildman–Crippen MR) is 110 cm³/mol. The standard InChI is InChI=1S/C20H28Cl2N2O4/c1-19(2,3)28-18(26)24-10-5-8-20(13-24,9-11-27-17(25)23-4)14-6-7-15(21)16(22)12-14/h6-7,12H,5,8-11,13H2,1-4H3,(H,23,25)/t20-/m1/s1. The average molecular weight is 431 g/mol. The van der Waals surface area contributed by atoms with Gasteiger partial charge in [-0.25, -0.2) is 9.59 Å². The summed E-state index contributed by atoms with van der Waals surface area (Å²) >= 11 is 12.3. The van der Waals surface area contributed by atoms with Gasteiger partial charge in [-0.05, 0) is 57.7 Å². The predicted octanol–water partition coefficient (Wildman–Crippen LogP) is 5.01. The molecule has 0 saturated carbocycles. The molecule has 0 aromatic heterocycles. The summed E-state index contributed by atoms with van der Waals surface area (Å²) in [6.07, 6.45) is 1.37. The molecule has 156 valence electrons. The van der Waals surface area contributed by atoms with E-state index in [0.29, 0.717) is 29.6 Å². The summed E-state index contributed by atoms with van der Waals surface area (Å²) in [5.41, 5.74) is -0.00352. The van der Waals surface area contributed by atoms with Crippen LogP contribution in [-0.2, 0) is 14.9 Å². The number of hydrogen-bond donors (Lipinski definition) is 1. The molecule has 8 heteroatoms. The number of carbonyl (C=O) groups excluding carboxylic acids is 2. The lowest BCUT2D eigenvalue weighted by molar-refractivity contribution is 0.0108. The second kappa shape index (κ2) is 9.23. The van der Waals surface area contributed by atoms with E-state index in [1.54, 1.807) is 11.0 Å². The number of benzene rings is 1. The van der Waals surface area contributed by atoms with Crippen LogP contribution in [0.4, 0.5) is 9.59 Å². The molecule has 0 spiro atoms. The molecule has 1 aliphatic heterocycles. The Balaban J connectivity index is 2.27. The van der Waals surface area contributed by atoms with Crippen molar-refractivity contribution in [2.75, 3.05) is 26.7 Å². The van der Waals surface area contributed by atoms with Crippen molar-refractivity contribution in [2.24, 2.45) is 0 Å². The minimum absolute atomic E-state index is 0.224. The Morgan fingerprint density at radius 2 is 1.96 bits per heavy atom. The summed E-state index contributed by atoms with van der Waals surface area (Å²) in [6.45, 7) is 6.84. The molecule has 28 heavy (non-hydrogen) atoms. The monoisotopic (exact) mass is 430 g/mol. The normalized spacial score (nSPS) is 19.9. The van der Waals surface area contributed by atoms with Crippen molar-refractivity contribution in [3.05, 3.63) is 33.8 Å². The molecular weight excluding hydrogens is 403 g/mol. The van der Waals surface area contributed by atoms with Gasteiger partial charge in [-0.3, -0.25) is 0 Å². The SMILES string of the molecule is CNC(=O)OCC[C@]1(c2ccc(Cl)c(Cl)c2)CCCN(C(=O)OC(C)(C)C)C1. The van der Waals surface area contributed by atoms with E-state index in [9.17, 15) is 9.59 Å². The number of rotatable bonds is 4. The van der Waals surface area contributed by atoms with Gasteiger partial charge in [-0.15, -0.1) is 0 Å². The van der Waals surface area contributed by atoms with Gasteiger partial charge in [0.25, 0.3) is 0 Å². The van der Waals surface area contributed by atoms with E-state index in [0.717, 1.165) is 18.4 Å². The van der Waals surface area contributed by atoms with Gasteiger partial charge >= 0.3 is 12.2 Å². The first-order valence-electron chi connectivity index (χ1n) is 9.34. The first-order chi connectivity index (χ1) is 13.1. The van der Waals surface area contributed by atoms with E-state index in [-0.39, 0.29) is 12.7 Å². The number of piperidine rings is 1. The number of ether oxygens (including phenoxy) is 2. The summed E-state index contributed by atoms with van der Waals surface area (Å²) in [6, 6.07) is 5.52. The van der Waals surface area contributed by atoms with Gasteiger partial charge in [0, 0.05) is 25.6 Å². The topological polar surface area (TPSA) is 67.9 Å². The number of amides is 2. The Morgan fingerprint density at radius 1 is 1.25 bits per heavy atom. The Kier molecular flexibility index (Phi) is 7.46. The van der Waals surface area contributed by atoms with Gasteiger partial charge in [0.15, 0.2) is 0 Å². The van der Waals surface area contributed by atoms with Gasteiger partial charge in [-0.2, -0.15) is 0 Å². The lowest BCUT2D eigenvalue weighted by Crippen LogP contribution is -2.50. The Morgan fingerprint density at radius 3 is 2.57 bits per heavy atom. The molecule has 0 radical (unpaired) electrons. The van der Waals surface area contributed by atoms with E-state index in [4.69, 9.17) is 32.7 Å². The Labute approximate surface area is 176 Å². The van der Waals surface area contributed by atoms with Crippen molar-refractivity contribution in [1.29, 1.82) is 0 Å². The molecule has 6 nitrogen and oxygen atoms in total. The maximum absolute atomic E-state index is 12.6. The van der Waals surface area contributed by atoms with Gasteiger partial charge in [0.1, 0.15) is 5.60 Å². The molecule has 2 rings (SSSR count). The lowest BCUT2D eigenvalue weighted by Gasteiger charge is -2.43. The minimum Gasteiger partial charge on any atom is -0.450 e. The number of hydrogen-bond acceptors (Lipinski definition) is 4. The van der Waals surface area contributed by atoms with Crippen LogP contribution < -0.4 is 5.32 Å². The molecule has 2 amide bonds. The third-order valence-electron chi connectivity index (χ3n) is 4.78. The largest absolute Gasteiger partial charge is 0.450 e. The fraction of sp³-hybridized carbons (Fsp3) is 0.600. The first-order valence-corrected chi connectivity index (χ1v) is 10.1. The maximum atomic E-state index is 12.6. The van der Waals surface area contributed by atoms with Crippen molar-refractivity contribution in [2.45, 2.75) is 51.0 Å². The van der Waals surface area contributed by atoms with Gasteiger partial charge in [0.05, 0.1) is 16.7 Å². The molecule has 1 atom stereocenters. The zero-order valence-corrected chi connectivity index (χ0v) is 18.3. The number of nitrogens with one attached hydrogen (secondary N) is 1. The molecule has 1 saturated heterocycles. The summed E-state index contributed by atoms with van der Waals surface area (Å²) in [4.78, 5) is 25.8. The van der Waals surface area contributed by atoms with Crippen LogP contribution in [0.3, 0.4) is 0 Å². The minimum atomic E-state index is -0.566. The molecule has 1 aromatic rings. The summed E-state index contributed by atoms with van der Waals surface area (Å²) in [5, 5.41) is 3.37. The number of halogens is 2. The molecule has 0 unspecified atom stereocenters. The Bertz CT molecular complexity index is 721. The van der Waals surface area contributed by atoms with Crippen LogP contribution in [0.2, 0.25) is 10.0 Å². The fourth-order valence-corrected chi connectivity index (χ4v) is 3.73.